The first-order valence-electron chi connectivity index (χ1n) is 4.88. The van der Waals surface area contributed by atoms with Crippen molar-refractivity contribution in [2.45, 2.75) is 5.88 Å². The van der Waals surface area contributed by atoms with Crippen LogP contribution in [0.5, 0.6) is 0 Å². The molecule has 0 saturated heterocycles. The molecule has 17 heavy (non-hydrogen) atoms. The molecule has 0 aliphatic carbocycles. The Balaban J connectivity index is 2.33. The molecule has 0 fully saturated rings. The first kappa shape index (κ1) is 11.0. The van der Waals surface area contributed by atoms with Gasteiger partial charge in [-0.05, 0) is 22.4 Å². The monoisotopic (exact) mass is 282 g/mol. The smallest absolute Gasteiger partial charge is 0.260 e. The third-order valence-electron chi connectivity index (χ3n) is 2.45. The van der Waals surface area contributed by atoms with E-state index in [1.807, 2.05) is 22.2 Å². The summed E-state index contributed by atoms with van der Waals surface area (Å²) in [5.74, 6) is 0.736. The van der Waals surface area contributed by atoms with Crippen molar-refractivity contribution >= 4 is 44.5 Å². The van der Waals surface area contributed by atoms with Gasteiger partial charge in [-0.1, -0.05) is 0 Å². The second-order valence-corrected chi connectivity index (χ2v) is 5.39. The lowest BCUT2D eigenvalue weighted by Crippen LogP contribution is -2.10. The van der Waals surface area contributed by atoms with Crippen LogP contribution in [-0.2, 0) is 5.88 Å². The fraction of sp³-hybridized carbons (Fsp3) is 0.0909. The molecule has 0 radical (unpaired) electrons. The molecule has 0 spiro atoms. The van der Waals surface area contributed by atoms with Crippen LogP contribution in [0.1, 0.15) is 5.82 Å². The van der Waals surface area contributed by atoms with E-state index in [1.165, 1.54) is 11.3 Å². The van der Waals surface area contributed by atoms with Crippen molar-refractivity contribution in [2.24, 2.45) is 0 Å². The zero-order valence-corrected chi connectivity index (χ0v) is 11.0. The summed E-state index contributed by atoms with van der Waals surface area (Å²) < 4.78 is 0. The summed E-state index contributed by atoms with van der Waals surface area (Å²) in [6.07, 6.45) is 0. The van der Waals surface area contributed by atoms with Crippen molar-refractivity contribution in [3.8, 4) is 11.1 Å². The number of H-pyrrole nitrogens is 1. The average molecular weight is 283 g/mol. The Morgan fingerprint density at radius 1 is 1.41 bits per heavy atom. The van der Waals surface area contributed by atoms with E-state index in [-0.39, 0.29) is 11.4 Å². The van der Waals surface area contributed by atoms with Crippen LogP contribution >= 0.6 is 34.3 Å². The van der Waals surface area contributed by atoms with E-state index in [1.54, 1.807) is 11.3 Å². The van der Waals surface area contributed by atoms with Gasteiger partial charge in [-0.2, -0.15) is 11.3 Å². The average Bonchev–Trinajstić information content (AvgIpc) is 2.96. The Bertz CT molecular complexity index is 715. The second-order valence-electron chi connectivity index (χ2n) is 3.49. The van der Waals surface area contributed by atoms with Crippen LogP contribution in [0.4, 0.5) is 0 Å². The van der Waals surface area contributed by atoms with Gasteiger partial charge in [0.15, 0.2) is 0 Å². The topological polar surface area (TPSA) is 45.8 Å². The van der Waals surface area contributed by atoms with Gasteiger partial charge in [-0.15, -0.1) is 22.9 Å². The van der Waals surface area contributed by atoms with Crippen LogP contribution in [-0.4, -0.2) is 9.97 Å². The van der Waals surface area contributed by atoms with Gasteiger partial charge < -0.3 is 4.98 Å². The largest absolute Gasteiger partial charge is 0.309 e. The number of thiophene rings is 2. The fourth-order valence-corrected chi connectivity index (χ4v) is 3.44. The van der Waals surface area contributed by atoms with Crippen LogP contribution < -0.4 is 5.56 Å². The van der Waals surface area contributed by atoms with Crippen molar-refractivity contribution in [1.82, 2.24) is 9.97 Å². The predicted octanol–water partition coefficient (Wildman–Crippen LogP) is 3.45. The minimum Gasteiger partial charge on any atom is -0.309 e. The van der Waals surface area contributed by atoms with Gasteiger partial charge in [-0.25, -0.2) is 4.98 Å². The van der Waals surface area contributed by atoms with Crippen molar-refractivity contribution in [3.63, 3.8) is 0 Å². The lowest BCUT2D eigenvalue weighted by molar-refractivity contribution is 1.04. The lowest BCUT2D eigenvalue weighted by Gasteiger charge is -1.97. The third kappa shape index (κ3) is 1.80. The van der Waals surface area contributed by atoms with Gasteiger partial charge >= 0.3 is 0 Å². The van der Waals surface area contributed by atoms with E-state index in [0.29, 0.717) is 11.2 Å². The van der Waals surface area contributed by atoms with E-state index in [2.05, 4.69) is 9.97 Å². The molecule has 1 N–H and O–H groups in total. The van der Waals surface area contributed by atoms with Crippen molar-refractivity contribution in [2.75, 3.05) is 0 Å². The molecule has 86 valence electrons. The molecule has 0 amide bonds. The lowest BCUT2D eigenvalue weighted by atomic mass is 10.1. The number of hydrogen-bond donors (Lipinski definition) is 1. The summed E-state index contributed by atoms with van der Waals surface area (Å²) >= 11 is 8.76. The molecular weight excluding hydrogens is 276 g/mol. The number of nitrogens with zero attached hydrogens (tertiary/aromatic N) is 1. The molecule has 3 aromatic rings. The Kier molecular flexibility index (Phi) is 2.74. The molecule has 0 aromatic carbocycles. The Labute approximate surface area is 110 Å². The molecule has 3 heterocycles. The first-order chi connectivity index (χ1) is 8.29. The van der Waals surface area contributed by atoms with Crippen LogP contribution in [0.15, 0.2) is 27.0 Å². The molecule has 0 aliphatic heterocycles. The number of hydrogen-bond acceptors (Lipinski definition) is 4. The highest BCUT2D eigenvalue weighted by molar-refractivity contribution is 7.17. The Hall–Kier alpha value is -1.17. The number of aromatic nitrogens is 2. The van der Waals surface area contributed by atoms with E-state index in [0.717, 1.165) is 16.0 Å². The van der Waals surface area contributed by atoms with Gasteiger partial charge in [0.2, 0.25) is 0 Å². The number of aromatic amines is 1. The van der Waals surface area contributed by atoms with E-state index < -0.39 is 0 Å². The second kappa shape index (κ2) is 4.25. The highest BCUT2D eigenvalue weighted by atomic mass is 35.5. The molecular formula is C11H7ClN2OS2. The number of alkyl halides is 1. The summed E-state index contributed by atoms with van der Waals surface area (Å²) in [4.78, 5) is 19.8. The molecule has 3 aromatic heterocycles. The maximum atomic E-state index is 12.0. The minimum absolute atomic E-state index is 0.117. The fourth-order valence-electron chi connectivity index (χ4n) is 1.69. The Morgan fingerprint density at radius 2 is 2.29 bits per heavy atom. The quantitative estimate of drug-likeness (QED) is 0.732. The standard InChI is InChI=1S/C11H7ClN2OS2/c12-3-8-13-10(15)9-7(5-17-11(9)14-8)6-1-2-16-4-6/h1-2,4-5H,3H2,(H,13,14,15). The molecule has 0 bridgehead atoms. The molecule has 6 heteroatoms. The summed E-state index contributed by atoms with van der Waals surface area (Å²) in [7, 11) is 0. The Morgan fingerprint density at radius 3 is 3.00 bits per heavy atom. The summed E-state index contributed by atoms with van der Waals surface area (Å²) in [6, 6.07) is 2.00. The predicted molar refractivity (Wildman–Crippen MR) is 73.1 cm³/mol. The van der Waals surface area contributed by atoms with Crippen LogP contribution in [0.25, 0.3) is 21.3 Å². The normalized spacial score (nSPS) is 11.1. The van der Waals surface area contributed by atoms with Crippen LogP contribution in [0, 0.1) is 0 Å². The summed E-state index contributed by atoms with van der Waals surface area (Å²) in [5.41, 5.74) is 1.89. The van der Waals surface area contributed by atoms with Gasteiger partial charge in [0, 0.05) is 10.9 Å². The number of halogens is 1. The minimum atomic E-state index is -0.117. The SMILES string of the molecule is O=c1[nH]c(CCl)nc2scc(-c3ccsc3)c12. The maximum absolute atomic E-state index is 12.0. The van der Waals surface area contributed by atoms with Crippen molar-refractivity contribution in [1.29, 1.82) is 0 Å². The maximum Gasteiger partial charge on any atom is 0.260 e. The van der Waals surface area contributed by atoms with Crippen molar-refractivity contribution in [3.05, 3.63) is 38.4 Å². The van der Waals surface area contributed by atoms with Gasteiger partial charge in [0.25, 0.3) is 5.56 Å². The summed E-state index contributed by atoms with van der Waals surface area (Å²) in [6.45, 7) is 0. The number of rotatable bonds is 2. The number of nitrogens with one attached hydrogen (secondary N) is 1. The van der Waals surface area contributed by atoms with Gasteiger partial charge in [0.05, 0.1) is 11.3 Å². The van der Waals surface area contributed by atoms with Gasteiger partial charge in [-0.3, -0.25) is 4.79 Å². The molecule has 0 atom stereocenters. The van der Waals surface area contributed by atoms with Crippen LogP contribution in [0.3, 0.4) is 0 Å². The van der Waals surface area contributed by atoms with E-state index >= 15 is 0 Å². The molecule has 3 nitrogen and oxygen atoms in total. The zero-order valence-electron chi connectivity index (χ0n) is 8.57. The zero-order chi connectivity index (χ0) is 11.8. The van der Waals surface area contributed by atoms with Crippen LogP contribution in [0.2, 0.25) is 0 Å². The molecule has 0 unspecified atom stereocenters. The number of fused-ring (bicyclic) bond motifs is 1. The molecule has 0 saturated carbocycles. The van der Waals surface area contributed by atoms with Gasteiger partial charge in [0.1, 0.15) is 10.7 Å². The highest BCUT2D eigenvalue weighted by Gasteiger charge is 2.12. The molecule has 3 rings (SSSR count). The third-order valence-corrected chi connectivity index (χ3v) is 4.26. The van der Waals surface area contributed by atoms with Crippen molar-refractivity contribution < 1.29 is 0 Å². The first-order valence-corrected chi connectivity index (χ1v) is 7.24. The van der Waals surface area contributed by atoms with E-state index in [4.69, 9.17) is 11.6 Å². The molecule has 0 aliphatic rings. The summed E-state index contributed by atoms with van der Waals surface area (Å²) in [5, 5.41) is 6.64. The highest BCUT2D eigenvalue weighted by Crippen LogP contribution is 2.31. The van der Waals surface area contributed by atoms with E-state index in [9.17, 15) is 4.79 Å².